The molecular weight excluding hydrogens is 382 g/mol. The van der Waals surface area contributed by atoms with Gasteiger partial charge in [0.25, 0.3) is 0 Å². The topological polar surface area (TPSA) is 90.4 Å². The van der Waals surface area contributed by atoms with Crippen molar-refractivity contribution in [3.63, 3.8) is 0 Å². The first-order valence-electron chi connectivity index (χ1n) is 9.92. The lowest BCUT2D eigenvalue weighted by Crippen LogP contribution is -2.05. The molecule has 1 N–H and O–H groups in total. The predicted octanol–water partition coefficient (Wildman–Crippen LogP) is 5.08. The van der Waals surface area contributed by atoms with Crippen LogP contribution < -0.4 is 4.74 Å². The Balaban J connectivity index is 0.00000124. The summed E-state index contributed by atoms with van der Waals surface area (Å²) in [5, 5.41) is 14.1. The number of oxazole rings is 1. The number of carbonyl (C=O) groups is 1. The molecule has 0 bridgehead atoms. The highest BCUT2D eigenvalue weighted by Crippen LogP contribution is 2.24. The average molecular weight is 407 g/mol. The Labute approximate surface area is 174 Å². The van der Waals surface area contributed by atoms with Crippen molar-refractivity contribution in [3.05, 3.63) is 66.2 Å². The van der Waals surface area contributed by atoms with Crippen LogP contribution in [0.2, 0.25) is 0 Å². The SMILES string of the molecule is CC.Cc1oc(-c2ccccc2)nc1COc1ccc2cnn(CCC(=O)O)c2c1. The maximum Gasteiger partial charge on any atom is 0.305 e. The lowest BCUT2D eigenvalue weighted by Gasteiger charge is -2.06. The van der Waals surface area contributed by atoms with Crippen LogP contribution in [-0.2, 0) is 17.9 Å². The maximum absolute atomic E-state index is 10.8. The van der Waals surface area contributed by atoms with Gasteiger partial charge in [-0.15, -0.1) is 0 Å². The van der Waals surface area contributed by atoms with E-state index in [0.717, 1.165) is 22.2 Å². The zero-order valence-electron chi connectivity index (χ0n) is 17.3. The van der Waals surface area contributed by atoms with Crippen LogP contribution >= 0.6 is 0 Å². The molecule has 0 aliphatic carbocycles. The minimum atomic E-state index is -0.855. The number of carboxylic acids is 1. The number of aromatic nitrogens is 3. The smallest absolute Gasteiger partial charge is 0.305 e. The lowest BCUT2D eigenvalue weighted by molar-refractivity contribution is -0.137. The minimum absolute atomic E-state index is 0.0161. The molecule has 7 nitrogen and oxygen atoms in total. The van der Waals surface area contributed by atoms with E-state index < -0.39 is 5.97 Å². The summed E-state index contributed by atoms with van der Waals surface area (Å²) >= 11 is 0. The largest absolute Gasteiger partial charge is 0.487 e. The molecule has 30 heavy (non-hydrogen) atoms. The number of nitrogens with zero attached hydrogens (tertiary/aromatic N) is 3. The van der Waals surface area contributed by atoms with Crippen LogP contribution in [-0.4, -0.2) is 25.8 Å². The number of carboxylic acid groups (broad SMARTS) is 1. The van der Waals surface area contributed by atoms with Crippen molar-refractivity contribution in [3.8, 4) is 17.2 Å². The second kappa shape index (κ2) is 9.73. The molecule has 0 atom stereocenters. The van der Waals surface area contributed by atoms with Crippen LogP contribution in [0.15, 0.2) is 59.1 Å². The van der Waals surface area contributed by atoms with Gasteiger partial charge >= 0.3 is 5.97 Å². The van der Waals surface area contributed by atoms with Crippen LogP contribution in [0, 0.1) is 6.92 Å². The van der Waals surface area contributed by atoms with E-state index in [9.17, 15) is 4.79 Å². The Bertz CT molecular complexity index is 1120. The Morgan fingerprint density at radius 3 is 2.67 bits per heavy atom. The summed E-state index contributed by atoms with van der Waals surface area (Å²) in [6.07, 6.45) is 1.73. The second-order valence-corrected chi connectivity index (χ2v) is 6.41. The molecule has 2 aromatic carbocycles. The Morgan fingerprint density at radius 2 is 1.93 bits per heavy atom. The van der Waals surface area contributed by atoms with Crippen molar-refractivity contribution in [1.29, 1.82) is 0 Å². The third kappa shape index (κ3) is 4.86. The van der Waals surface area contributed by atoms with Gasteiger partial charge < -0.3 is 14.3 Å². The van der Waals surface area contributed by atoms with Gasteiger partial charge in [0.15, 0.2) is 0 Å². The predicted molar refractivity (Wildman–Crippen MR) is 114 cm³/mol. The number of ether oxygens (including phenoxy) is 1. The molecule has 0 saturated carbocycles. The normalized spacial score (nSPS) is 10.5. The first-order valence-corrected chi connectivity index (χ1v) is 9.92. The second-order valence-electron chi connectivity index (χ2n) is 6.41. The van der Waals surface area contributed by atoms with Crippen LogP contribution in [0.5, 0.6) is 5.75 Å². The highest BCUT2D eigenvalue weighted by atomic mass is 16.5. The van der Waals surface area contributed by atoms with E-state index in [1.54, 1.807) is 10.9 Å². The molecule has 0 aliphatic heterocycles. The molecule has 156 valence electrons. The molecule has 0 spiro atoms. The van der Waals surface area contributed by atoms with Gasteiger partial charge in [0.2, 0.25) is 5.89 Å². The molecule has 0 unspecified atom stereocenters. The van der Waals surface area contributed by atoms with Crippen molar-refractivity contribution >= 4 is 16.9 Å². The van der Waals surface area contributed by atoms with Crippen molar-refractivity contribution in [2.45, 2.75) is 40.3 Å². The number of rotatable bonds is 7. The number of hydrogen-bond donors (Lipinski definition) is 1. The summed E-state index contributed by atoms with van der Waals surface area (Å²) in [6, 6.07) is 15.3. The molecule has 7 heteroatoms. The van der Waals surface area contributed by atoms with Crippen molar-refractivity contribution in [2.75, 3.05) is 0 Å². The van der Waals surface area contributed by atoms with Gasteiger partial charge in [0.05, 0.1) is 24.7 Å². The molecule has 0 saturated heterocycles. The maximum atomic E-state index is 10.8. The summed E-state index contributed by atoms with van der Waals surface area (Å²) in [6.45, 7) is 6.45. The van der Waals surface area contributed by atoms with E-state index in [1.807, 2.05) is 69.3 Å². The highest BCUT2D eigenvalue weighted by molar-refractivity contribution is 5.80. The van der Waals surface area contributed by atoms with E-state index in [4.69, 9.17) is 14.3 Å². The van der Waals surface area contributed by atoms with Gasteiger partial charge in [-0.2, -0.15) is 5.10 Å². The number of fused-ring (bicyclic) bond motifs is 1. The number of benzene rings is 2. The fourth-order valence-electron chi connectivity index (χ4n) is 2.94. The van der Waals surface area contributed by atoms with Gasteiger partial charge in [-0.25, -0.2) is 4.98 Å². The monoisotopic (exact) mass is 407 g/mol. The minimum Gasteiger partial charge on any atom is -0.487 e. The first-order chi connectivity index (χ1) is 14.6. The van der Waals surface area contributed by atoms with E-state index in [1.165, 1.54) is 0 Å². The zero-order chi connectivity index (χ0) is 21.5. The third-order valence-electron chi connectivity index (χ3n) is 4.44. The lowest BCUT2D eigenvalue weighted by atomic mass is 10.2. The molecule has 0 radical (unpaired) electrons. The standard InChI is InChI=1S/C21H19N3O4.C2H6/c1-14-18(23-21(28-14)15-5-3-2-4-6-15)13-27-17-8-7-16-12-22-24(19(16)11-17)10-9-20(25)26;1-2/h2-8,11-12H,9-10,13H2,1H3,(H,25,26);1-2H3. The van der Waals surface area contributed by atoms with Gasteiger partial charge in [0.1, 0.15) is 23.8 Å². The van der Waals surface area contributed by atoms with Crippen molar-refractivity contribution < 1.29 is 19.1 Å². The highest BCUT2D eigenvalue weighted by Gasteiger charge is 2.12. The number of hydrogen-bond acceptors (Lipinski definition) is 5. The first kappa shape index (κ1) is 21.1. The molecule has 4 aromatic rings. The van der Waals surface area contributed by atoms with Gasteiger partial charge in [-0.05, 0) is 31.2 Å². The molecule has 4 rings (SSSR count). The molecule has 0 aliphatic rings. The van der Waals surface area contributed by atoms with Crippen LogP contribution in [0.1, 0.15) is 31.7 Å². The van der Waals surface area contributed by atoms with Gasteiger partial charge in [-0.3, -0.25) is 9.48 Å². The van der Waals surface area contributed by atoms with Crippen LogP contribution in [0.3, 0.4) is 0 Å². The molecule has 2 heterocycles. The quantitative estimate of drug-likeness (QED) is 0.459. The van der Waals surface area contributed by atoms with E-state index >= 15 is 0 Å². The fraction of sp³-hybridized carbons (Fsp3) is 0.261. The third-order valence-corrected chi connectivity index (χ3v) is 4.44. The summed E-state index contributed by atoms with van der Waals surface area (Å²) in [4.78, 5) is 15.4. The Kier molecular flexibility index (Phi) is 6.85. The van der Waals surface area contributed by atoms with Crippen molar-refractivity contribution in [1.82, 2.24) is 14.8 Å². The van der Waals surface area contributed by atoms with Gasteiger partial charge in [0, 0.05) is 17.0 Å². The van der Waals surface area contributed by atoms with Crippen molar-refractivity contribution in [2.24, 2.45) is 0 Å². The molecule has 0 amide bonds. The average Bonchev–Trinajstić information content (AvgIpc) is 3.35. The summed E-state index contributed by atoms with van der Waals surface area (Å²) in [7, 11) is 0. The Hall–Kier alpha value is -3.61. The number of aryl methyl sites for hydroxylation is 2. The summed E-state index contributed by atoms with van der Waals surface area (Å²) in [5.74, 6) is 1.09. The Morgan fingerprint density at radius 1 is 1.17 bits per heavy atom. The molecular formula is C23H25N3O4. The summed E-state index contributed by atoms with van der Waals surface area (Å²) in [5.41, 5.74) is 2.49. The van der Waals surface area contributed by atoms with E-state index in [2.05, 4.69) is 10.1 Å². The van der Waals surface area contributed by atoms with E-state index in [-0.39, 0.29) is 13.0 Å². The fourth-order valence-corrected chi connectivity index (χ4v) is 2.94. The molecule has 2 aromatic heterocycles. The van der Waals surface area contributed by atoms with E-state index in [0.29, 0.717) is 23.9 Å². The summed E-state index contributed by atoms with van der Waals surface area (Å²) < 4.78 is 13.3. The number of aliphatic carboxylic acids is 1. The van der Waals surface area contributed by atoms with Gasteiger partial charge in [-0.1, -0.05) is 32.0 Å². The van der Waals surface area contributed by atoms with Crippen LogP contribution in [0.25, 0.3) is 22.4 Å². The van der Waals surface area contributed by atoms with Crippen LogP contribution in [0.4, 0.5) is 0 Å². The zero-order valence-corrected chi connectivity index (χ0v) is 17.3. The molecule has 0 fully saturated rings.